The van der Waals surface area contributed by atoms with Gasteiger partial charge in [0.15, 0.2) is 0 Å². The zero-order chi connectivity index (χ0) is 16.2. The number of aliphatic hydroxyl groups is 1. The van der Waals surface area contributed by atoms with E-state index in [2.05, 4.69) is 4.98 Å². The van der Waals surface area contributed by atoms with E-state index >= 15 is 0 Å². The van der Waals surface area contributed by atoms with Gasteiger partial charge in [0.25, 0.3) is 0 Å². The Balaban J connectivity index is 1.60. The molecule has 1 amide bonds. The molecule has 3 rings (SSSR count). The van der Waals surface area contributed by atoms with Gasteiger partial charge in [-0.25, -0.2) is 4.39 Å². The summed E-state index contributed by atoms with van der Waals surface area (Å²) in [5.41, 5.74) is 0.821. The van der Waals surface area contributed by atoms with Crippen LogP contribution >= 0.6 is 0 Å². The fraction of sp³-hybridized carbons (Fsp3) is 0.294. The number of aliphatic hydroxyl groups excluding tert-OH is 1. The van der Waals surface area contributed by atoms with E-state index in [1.807, 2.05) is 6.07 Å². The molecule has 2 heterocycles. The van der Waals surface area contributed by atoms with Gasteiger partial charge in [0.05, 0.1) is 19.5 Å². The van der Waals surface area contributed by atoms with Crippen LogP contribution in [0.1, 0.15) is 5.56 Å². The van der Waals surface area contributed by atoms with Gasteiger partial charge in [-0.3, -0.25) is 9.78 Å². The minimum atomic E-state index is -0.795. The first-order valence-corrected chi connectivity index (χ1v) is 7.39. The van der Waals surface area contributed by atoms with Crippen molar-refractivity contribution in [3.05, 3.63) is 60.2 Å². The summed E-state index contributed by atoms with van der Waals surface area (Å²) in [6, 6.07) is 9.34. The summed E-state index contributed by atoms with van der Waals surface area (Å²) >= 11 is 0. The highest BCUT2D eigenvalue weighted by molar-refractivity contribution is 5.79. The first-order chi connectivity index (χ1) is 11.1. The highest BCUT2D eigenvalue weighted by Gasteiger charge is 2.35. The lowest BCUT2D eigenvalue weighted by atomic mass is 10.2. The van der Waals surface area contributed by atoms with Crippen molar-refractivity contribution < 1.29 is 19.0 Å². The van der Waals surface area contributed by atoms with Gasteiger partial charge >= 0.3 is 0 Å². The van der Waals surface area contributed by atoms with Gasteiger partial charge in [-0.15, -0.1) is 0 Å². The normalized spacial score (nSPS) is 20.5. The number of halogens is 1. The van der Waals surface area contributed by atoms with Crippen molar-refractivity contribution in [1.29, 1.82) is 0 Å². The largest absolute Gasteiger partial charge is 0.486 e. The van der Waals surface area contributed by atoms with Crippen LogP contribution < -0.4 is 4.74 Å². The number of benzene rings is 1. The summed E-state index contributed by atoms with van der Waals surface area (Å²) in [6.45, 7) is 0.482. The number of ether oxygens (including phenoxy) is 1. The monoisotopic (exact) mass is 316 g/mol. The van der Waals surface area contributed by atoms with Crippen molar-refractivity contribution >= 4 is 5.91 Å². The Morgan fingerprint density at radius 2 is 2.22 bits per heavy atom. The van der Waals surface area contributed by atoms with E-state index in [1.54, 1.807) is 29.4 Å². The Morgan fingerprint density at radius 1 is 1.35 bits per heavy atom. The quantitative estimate of drug-likeness (QED) is 0.926. The molecule has 2 atom stereocenters. The molecule has 23 heavy (non-hydrogen) atoms. The molecule has 0 bridgehead atoms. The van der Waals surface area contributed by atoms with Crippen LogP contribution in [0, 0.1) is 5.82 Å². The number of nitrogens with zero attached hydrogens (tertiary/aromatic N) is 2. The van der Waals surface area contributed by atoms with Crippen molar-refractivity contribution in [2.24, 2.45) is 0 Å². The third-order valence-electron chi connectivity index (χ3n) is 3.75. The van der Waals surface area contributed by atoms with Crippen LogP contribution in [0.25, 0.3) is 0 Å². The number of aromatic nitrogens is 1. The first-order valence-electron chi connectivity index (χ1n) is 7.39. The Bertz CT molecular complexity index is 681. The lowest BCUT2D eigenvalue weighted by Crippen LogP contribution is -2.32. The lowest BCUT2D eigenvalue weighted by Gasteiger charge is -2.17. The van der Waals surface area contributed by atoms with E-state index < -0.39 is 18.0 Å². The maximum absolute atomic E-state index is 13.2. The second kappa shape index (κ2) is 6.75. The molecular weight excluding hydrogens is 299 g/mol. The number of hydrogen-bond donors (Lipinski definition) is 1. The number of carbonyl (C=O) groups is 1. The molecule has 0 radical (unpaired) electrons. The molecule has 6 heteroatoms. The maximum atomic E-state index is 13.2. The Morgan fingerprint density at radius 3 is 2.96 bits per heavy atom. The SMILES string of the molecule is O=C(Cc1cccnc1)N1C[C@@H](O)[C@H](Oc2cccc(F)c2)C1. The molecule has 1 saturated heterocycles. The standard InChI is InChI=1S/C17H17FN2O3/c18-13-4-1-5-14(8-13)23-16-11-20(10-15(16)21)17(22)7-12-3-2-6-19-9-12/h1-6,8-9,15-16,21H,7,10-11H2/t15-,16-/m1/s1. The molecule has 0 saturated carbocycles. The van der Waals surface area contributed by atoms with Gasteiger partial charge in [0.2, 0.25) is 5.91 Å². The molecule has 0 spiro atoms. The lowest BCUT2D eigenvalue weighted by molar-refractivity contribution is -0.129. The Hall–Kier alpha value is -2.47. The number of amides is 1. The van der Waals surface area contributed by atoms with Crippen molar-refractivity contribution in [2.45, 2.75) is 18.6 Å². The van der Waals surface area contributed by atoms with Gasteiger partial charge in [-0.05, 0) is 23.8 Å². The van der Waals surface area contributed by atoms with Crippen molar-refractivity contribution in [2.75, 3.05) is 13.1 Å². The van der Waals surface area contributed by atoms with Crippen molar-refractivity contribution in [3.63, 3.8) is 0 Å². The van der Waals surface area contributed by atoms with Crippen LogP contribution in [0.15, 0.2) is 48.8 Å². The van der Waals surface area contributed by atoms with Gasteiger partial charge in [-0.2, -0.15) is 0 Å². The smallest absolute Gasteiger partial charge is 0.227 e. The summed E-state index contributed by atoms with van der Waals surface area (Å²) < 4.78 is 18.8. The third kappa shape index (κ3) is 3.84. The zero-order valence-corrected chi connectivity index (χ0v) is 12.4. The molecular formula is C17H17FN2O3. The number of rotatable bonds is 4. The summed E-state index contributed by atoms with van der Waals surface area (Å²) in [5, 5.41) is 10.1. The first kappa shape index (κ1) is 15.4. The van der Waals surface area contributed by atoms with Crippen LogP contribution in [0.2, 0.25) is 0 Å². The number of β-amino-alcohol motifs (C(OH)–C–C–N with tert-alkyl or cyclic N) is 1. The fourth-order valence-electron chi connectivity index (χ4n) is 2.58. The number of pyridine rings is 1. The summed E-state index contributed by atoms with van der Waals surface area (Å²) in [4.78, 5) is 17.8. The van der Waals surface area contributed by atoms with Gasteiger partial charge in [0.1, 0.15) is 23.8 Å². The predicted molar refractivity (Wildman–Crippen MR) is 81.3 cm³/mol. The third-order valence-corrected chi connectivity index (χ3v) is 3.75. The molecule has 5 nitrogen and oxygen atoms in total. The average molecular weight is 316 g/mol. The van der Waals surface area contributed by atoms with E-state index in [-0.39, 0.29) is 25.4 Å². The average Bonchev–Trinajstić information content (AvgIpc) is 2.89. The van der Waals surface area contributed by atoms with E-state index in [1.165, 1.54) is 18.2 Å². The number of carbonyl (C=O) groups excluding carboxylic acids is 1. The minimum absolute atomic E-state index is 0.0950. The highest BCUT2D eigenvalue weighted by Crippen LogP contribution is 2.20. The fourth-order valence-corrected chi connectivity index (χ4v) is 2.58. The minimum Gasteiger partial charge on any atom is -0.486 e. The Kier molecular flexibility index (Phi) is 4.52. The van der Waals surface area contributed by atoms with Crippen molar-refractivity contribution in [1.82, 2.24) is 9.88 Å². The predicted octanol–water partition coefficient (Wildman–Crippen LogP) is 1.41. The van der Waals surface area contributed by atoms with Gasteiger partial charge in [0, 0.05) is 18.5 Å². The summed E-state index contributed by atoms with van der Waals surface area (Å²) in [6.07, 6.45) is 2.17. The molecule has 0 aliphatic carbocycles. The molecule has 1 aromatic heterocycles. The second-order valence-corrected chi connectivity index (χ2v) is 5.52. The van der Waals surface area contributed by atoms with Crippen molar-refractivity contribution in [3.8, 4) is 5.75 Å². The molecule has 120 valence electrons. The van der Waals surface area contributed by atoms with E-state index in [0.29, 0.717) is 5.75 Å². The van der Waals surface area contributed by atoms with Crippen LogP contribution in [0.5, 0.6) is 5.75 Å². The van der Waals surface area contributed by atoms with Crippen LogP contribution in [0.4, 0.5) is 4.39 Å². The van der Waals surface area contributed by atoms with E-state index in [9.17, 15) is 14.3 Å². The molecule has 1 fully saturated rings. The highest BCUT2D eigenvalue weighted by atomic mass is 19.1. The van der Waals surface area contributed by atoms with Crippen LogP contribution in [-0.4, -0.2) is 46.2 Å². The topological polar surface area (TPSA) is 62.7 Å². The molecule has 0 unspecified atom stereocenters. The van der Waals surface area contributed by atoms with Crippen LogP contribution in [0.3, 0.4) is 0 Å². The second-order valence-electron chi connectivity index (χ2n) is 5.52. The molecule has 2 aromatic rings. The van der Waals surface area contributed by atoms with Gasteiger partial charge < -0.3 is 14.7 Å². The van der Waals surface area contributed by atoms with E-state index in [4.69, 9.17) is 4.74 Å². The van der Waals surface area contributed by atoms with Gasteiger partial charge in [-0.1, -0.05) is 12.1 Å². The van der Waals surface area contributed by atoms with E-state index in [0.717, 1.165) is 5.56 Å². The van der Waals surface area contributed by atoms with Crippen LogP contribution in [-0.2, 0) is 11.2 Å². The molecule has 1 aromatic carbocycles. The summed E-state index contributed by atoms with van der Waals surface area (Å²) in [5.74, 6) is -0.155. The zero-order valence-electron chi connectivity index (χ0n) is 12.4. The maximum Gasteiger partial charge on any atom is 0.227 e. The molecule has 1 aliphatic heterocycles. The summed E-state index contributed by atoms with van der Waals surface area (Å²) in [7, 11) is 0. The Labute approximate surface area is 133 Å². The molecule has 1 aliphatic rings. The molecule has 1 N–H and O–H groups in total. The number of likely N-dealkylation sites (tertiary alicyclic amines) is 1. The number of hydrogen-bond acceptors (Lipinski definition) is 4.